The minimum atomic E-state index is -3.20. The summed E-state index contributed by atoms with van der Waals surface area (Å²) in [5.74, 6) is 1.03. The monoisotopic (exact) mass is 356 g/mol. The number of benzene rings is 1. The van der Waals surface area contributed by atoms with Crippen LogP contribution in [-0.2, 0) is 10.0 Å². The van der Waals surface area contributed by atoms with E-state index in [1.807, 2.05) is 6.92 Å². The Morgan fingerprint density at radius 2 is 1.62 bits per heavy atom. The lowest BCUT2D eigenvalue weighted by Crippen LogP contribution is -2.51. The van der Waals surface area contributed by atoms with Crippen LogP contribution in [0.2, 0.25) is 0 Å². The molecular formula is C16H24N2O5S. The van der Waals surface area contributed by atoms with Crippen molar-refractivity contribution in [3.05, 3.63) is 23.3 Å². The van der Waals surface area contributed by atoms with Gasteiger partial charge in [-0.1, -0.05) is 0 Å². The second kappa shape index (κ2) is 7.40. The number of piperazine rings is 1. The maximum atomic E-state index is 12.8. The summed E-state index contributed by atoms with van der Waals surface area (Å²) < 4.78 is 35.7. The van der Waals surface area contributed by atoms with Crippen LogP contribution in [0, 0.1) is 6.92 Å². The third kappa shape index (κ3) is 3.64. The van der Waals surface area contributed by atoms with Crippen molar-refractivity contribution in [3.8, 4) is 11.5 Å². The van der Waals surface area contributed by atoms with Gasteiger partial charge in [0.2, 0.25) is 10.0 Å². The van der Waals surface area contributed by atoms with E-state index in [1.54, 1.807) is 31.1 Å². The average Bonchev–Trinajstić information content (AvgIpc) is 2.60. The molecule has 7 nitrogen and oxygen atoms in total. The highest BCUT2D eigenvalue weighted by atomic mass is 32.2. The highest BCUT2D eigenvalue weighted by molar-refractivity contribution is 7.89. The van der Waals surface area contributed by atoms with E-state index in [1.165, 1.54) is 11.4 Å². The normalized spacial score (nSPS) is 16.1. The molecule has 1 aromatic rings. The van der Waals surface area contributed by atoms with Crippen LogP contribution in [-0.4, -0.2) is 69.7 Å². The number of rotatable bonds is 5. The average molecular weight is 356 g/mol. The van der Waals surface area contributed by atoms with Gasteiger partial charge >= 0.3 is 0 Å². The molecule has 0 unspecified atom stereocenters. The lowest BCUT2D eigenvalue weighted by Gasteiger charge is -2.34. The minimum Gasteiger partial charge on any atom is -0.493 e. The number of methoxy groups -OCH3 is 2. The molecule has 2 rings (SSSR count). The molecule has 0 radical (unpaired) electrons. The van der Waals surface area contributed by atoms with Crippen LogP contribution in [0.1, 0.15) is 22.8 Å². The Balaban J connectivity index is 2.16. The molecule has 0 saturated carbocycles. The van der Waals surface area contributed by atoms with Crippen LogP contribution in [0.3, 0.4) is 0 Å². The van der Waals surface area contributed by atoms with Crippen LogP contribution < -0.4 is 9.47 Å². The molecule has 0 aliphatic carbocycles. The maximum Gasteiger partial charge on any atom is 0.254 e. The fourth-order valence-corrected chi connectivity index (χ4v) is 3.82. The smallest absolute Gasteiger partial charge is 0.254 e. The van der Waals surface area contributed by atoms with Crippen molar-refractivity contribution in [1.29, 1.82) is 0 Å². The summed E-state index contributed by atoms with van der Waals surface area (Å²) in [5.41, 5.74) is 1.33. The van der Waals surface area contributed by atoms with Crippen molar-refractivity contribution in [2.45, 2.75) is 13.8 Å². The highest BCUT2D eigenvalue weighted by Gasteiger charge is 2.29. The molecule has 8 heteroatoms. The molecule has 134 valence electrons. The Hall–Kier alpha value is -1.80. The Labute approximate surface area is 143 Å². The van der Waals surface area contributed by atoms with Crippen LogP contribution >= 0.6 is 0 Å². The SMILES string of the molecule is CCS(=O)(=O)N1CCN(C(=O)c2cc(OC)c(OC)cc2C)CC1. The van der Waals surface area contributed by atoms with Gasteiger partial charge in [-0.3, -0.25) is 4.79 Å². The van der Waals surface area contributed by atoms with E-state index >= 15 is 0 Å². The number of sulfonamides is 1. The number of ether oxygens (including phenoxy) is 2. The Bertz CT molecular complexity index is 709. The summed E-state index contributed by atoms with van der Waals surface area (Å²) in [6, 6.07) is 3.44. The Kier molecular flexibility index (Phi) is 5.71. The first-order valence-electron chi connectivity index (χ1n) is 7.83. The number of carbonyl (C=O) groups is 1. The lowest BCUT2D eigenvalue weighted by molar-refractivity contribution is 0.0697. The molecule has 1 aliphatic rings. The first-order valence-corrected chi connectivity index (χ1v) is 9.44. The predicted octanol–water partition coefficient (Wildman–Crippen LogP) is 1.12. The molecular weight excluding hydrogens is 332 g/mol. The van der Waals surface area contributed by atoms with Gasteiger partial charge in [0, 0.05) is 31.7 Å². The van der Waals surface area contributed by atoms with Gasteiger partial charge in [0.05, 0.1) is 20.0 Å². The van der Waals surface area contributed by atoms with E-state index in [9.17, 15) is 13.2 Å². The van der Waals surface area contributed by atoms with Crippen molar-refractivity contribution in [2.75, 3.05) is 46.2 Å². The molecule has 1 aliphatic heterocycles. The largest absolute Gasteiger partial charge is 0.493 e. The number of hydrogen-bond donors (Lipinski definition) is 0. The van der Waals surface area contributed by atoms with Crippen LogP contribution in [0.25, 0.3) is 0 Å². The number of aryl methyl sites for hydroxylation is 1. The van der Waals surface area contributed by atoms with Crippen molar-refractivity contribution >= 4 is 15.9 Å². The van der Waals surface area contributed by atoms with Gasteiger partial charge in [-0.2, -0.15) is 4.31 Å². The van der Waals surface area contributed by atoms with Crippen LogP contribution in [0.5, 0.6) is 11.5 Å². The zero-order valence-electron chi connectivity index (χ0n) is 14.5. The zero-order valence-corrected chi connectivity index (χ0v) is 15.4. The number of nitrogens with zero attached hydrogens (tertiary/aromatic N) is 2. The first-order chi connectivity index (χ1) is 11.3. The van der Waals surface area contributed by atoms with Crippen LogP contribution in [0.15, 0.2) is 12.1 Å². The van der Waals surface area contributed by atoms with Gasteiger partial charge in [-0.25, -0.2) is 8.42 Å². The fraction of sp³-hybridized carbons (Fsp3) is 0.562. The third-order valence-corrected chi connectivity index (χ3v) is 6.13. The third-order valence-electron chi connectivity index (χ3n) is 4.25. The molecule has 1 fully saturated rings. The first kappa shape index (κ1) is 18.5. The molecule has 1 amide bonds. The van der Waals surface area contributed by atoms with Gasteiger partial charge in [-0.15, -0.1) is 0 Å². The van der Waals surface area contributed by atoms with E-state index in [0.717, 1.165) is 5.56 Å². The fourth-order valence-electron chi connectivity index (χ4n) is 2.73. The molecule has 0 spiro atoms. The summed E-state index contributed by atoms with van der Waals surface area (Å²) in [4.78, 5) is 14.5. The zero-order chi connectivity index (χ0) is 17.9. The summed E-state index contributed by atoms with van der Waals surface area (Å²) in [7, 11) is -0.133. The molecule has 1 saturated heterocycles. The van der Waals surface area contributed by atoms with Crippen molar-refractivity contribution < 1.29 is 22.7 Å². The molecule has 0 N–H and O–H groups in total. The van der Waals surface area contributed by atoms with Gasteiger partial charge in [0.1, 0.15) is 0 Å². The summed E-state index contributed by atoms with van der Waals surface area (Å²) in [5, 5.41) is 0. The Morgan fingerprint density at radius 1 is 1.08 bits per heavy atom. The number of carbonyl (C=O) groups excluding carboxylic acids is 1. The molecule has 1 aromatic carbocycles. The number of amides is 1. The van der Waals surface area contributed by atoms with Crippen molar-refractivity contribution in [3.63, 3.8) is 0 Å². The summed E-state index contributed by atoms with van der Waals surface area (Å²) in [6.45, 7) is 4.88. The predicted molar refractivity (Wildman–Crippen MR) is 91.2 cm³/mol. The molecule has 0 bridgehead atoms. The molecule has 24 heavy (non-hydrogen) atoms. The van der Waals surface area contributed by atoms with Crippen molar-refractivity contribution in [2.24, 2.45) is 0 Å². The quantitative estimate of drug-likeness (QED) is 0.790. The second-order valence-corrected chi connectivity index (χ2v) is 7.87. The van der Waals surface area contributed by atoms with Crippen molar-refractivity contribution in [1.82, 2.24) is 9.21 Å². The lowest BCUT2D eigenvalue weighted by atomic mass is 10.1. The van der Waals surface area contributed by atoms with Gasteiger partial charge in [-0.05, 0) is 31.5 Å². The van der Waals surface area contributed by atoms with E-state index in [-0.39, 0.29) is 11.7 Å². The van der Waals surface area contributed by atoms with Crippen LogP contribution in [0.4, 0.5) is 0 Å². The Morgan fingerprint density at radius 3 is 2.12 bits per heavy atom. The van der Waals surface area contributed by atoms with Gasteiger partial charge in [0.25, 0.3) is 5.91 Å². The van der Waals surface area contributed by atoms with Gasteiger partial charge in [0.15, 0.2) is 11.5 Å². The molecule has 1 heterocycles. The molecule has 0 aromatic heterocycles. The van der Waals surface area contributed by atoms with E-state index in [2.05, 4.69) is 0 Å². The van der Waals surface area contributed by atoms with E-state index < -0.39 is 10.0 Å². The minimum absolute atomic E-state index is 0.0791. The maximum absolute atomic E-state index is 12.8. The highest BCUT2D eigenvalue weighted by Crippen LogP contribution is 2.31. The molecule has 0 atom stereocenters. The summed E-state index contributed by atoms with van der Waals surface area (Å²) >= 11 is 0. The standard InChI is InChI=1S/C16H24N2O5S/c1-5-24(20,21)18-8-6-17(7-9-18)16(19)13-11-15(23-4)14(22-3)10-12(13)2/h10-11H,5-9H2,1-4H3. The van der Waals surface area contributed by atoms with E-state index in [4.69, 9.17) is 9.47 Å². The summed E-state index contributed by atoms with van der Waals surface area (Å²) in [6.07, 6.45) is 0. The second-order valence-electron chi connectivity index (χ2n) is 5.61. The number of hydrogen-bond acceptors (Lipinski definition) is 5. The topological polar surface area (TPSA) is 76.2 Å². The van der Waals surface area contributed by atoms with Gasteiger partial charge < -0.3 is 14.4 Å². The van der Waals surface area contributed by atoms with E-state index in [0.29, 0.717) is 43.2 Å².